The largest absolute Gasteiger partial charge is 0.492 e. The number of piperazine rings is 1. The smallest absolute Gasteiger partial charge is 0.416 e. The molecule has 2 aromatic carbocycles. The van der Waals surface area contributed by atoms with Gasteiger partial charge in [0.05, 0.1) is 16.9 Å². The number of hydrogen-bond donors (Lipinski definition) is 1. The average molecular weight is 534 g/mol. The van der Waals surface area contributed by atoms with Crippen molar-refractivity contribution in [3.8, 4) is 16.2 Å². The molecule has 6 nitrogen and oxygen atoms in total. The van der Waals surface area contributed by atoms with Gasteiger partial charge in [-0.15, -0.1) is 0 Å². The fourth-order valence-electron chi connectivity index (χ4n) is 4.69. The second-order valence-electron chi connectivity index (χ2n) is 9.45. The number of ether oxygens (including phenoxy) is 1. The van der Waals surface area contributed by atoms with E-state index >= 15 is 0 Å². The molecule has 0 spiro atoms. The summed E-state index contributed by atoms with van der Waals surface area (Å²) in [5, 5.41) is 9.84. The zero-order valence-electron chi connectivity index (χ0n) is 21.0. The molecule has 1 saturated heterocycles. The maximum atomic E-state index is 13.1. The van der Waals surface area contributed by atoms with Crippen LogP contribution in [0, 0.1) is 6.92 Å². The van der Waals surface area contributed by atoms with Crippen LogP contribution in [0.1, 0.15) is 30.5 Å². The Bertz CT molecular complexity index is 1230. The molecular formula is C27H30F3N3O3S. The number of aliphatic carboxylic acids is 1. The van der Waals surface area contributed by atoms with Crippen molar-refractivity contribution < 1.29 is 27.8 Å². The number of carbonyl (C=O) groups is 1. The number of aryl methyl sites for hydroxylation is 1. The molecule has 1 aromatic heterocycles. The molecule has 1 fully saturated rings. The molecule has 37 heavy (non-hydrogen) atoms. The van der Waals surface area contributed by atoms with Crippen molar-refractivity contribution in [3.05, 3.63) is 65.4 Å². The third-order valence-corrected chi connectivity index (χ3v) is 7.66. The van der Waals surface area contributed by atoms with E-state index in [0.717, 1.165) is 29.9 Å². The van der Waals surface area contributed by atoms with Crippen LogP contribution in [0.15, 0.2) is 48.7 Å². The lowest BCUT2D eigenvalue weighted by Crippen LogP contribution is -2.57. The van der Waals surface area contributed by atoms with Crippen LogP contribution in [0.3, 0.4) is 0 Å². The first kappa shape index (κ1) is 26.9. The van der Waals surface area contributed by atoms with E-state index in [1.807, 2.05) is 13.0 Å². The van der Waals surface area contributed by atoms with Gasteiger partial charge in [0.1, 0.15) is 12.4 Å². The normalized spacial score (nSPS) is 18.7. The van der Waals surface area contributed by atoms with Crippen LogP contribution >= 0.6 is 11.3 Å². The molecule has 0 amide bonds. The summed E-state index contributed by atoms with van der Waals surface area (Å²) in [6.45, 7) is 8.89. The molecule has 1 aliphatic heterocycles. The van der Waals surface area contributed by atoms with Gasteiger partial charge in [0.25, 0.3) is 0 Å². The van der Waals surface area contributed by atoms with Gasteiger partial charge in [-0.1, -0.05) is 35.6 Å². The first-order chi connectivity index (χ1) is 17.5. The summed E-state index contributed by atoms with van der Waals surface area (Å²) in [5.41, 5.74) is 1.51. The van der Waals surface area contributed by atoms with E-state index in [2.05, 4.69) is 28.6 Å². The Morgan fingerprint density at radius 1 is 1.16 bits per heavy atom. The molecule has 1 N–H and O–H groups in total. The number of rotatable bonds is 8. The number of aromatic nitrogens is 1. The third-order valence-electron chi connectivity index (χ3n) is 6.55. The van der Waals surface area contributed by atoms with Crippen LogP contribution in [0.4, 0.5) is 18.3 Å². The van der Waals surface area contributed by atoms with Crippen LogP contribution in [-0.2, 0) is 17.4 Å². The lowest BCUT2D eigenvalue weighted by atomic mass is 10.1. The monoisotopic (exact) mass is 533 g/mol. The first-order valence-corrected chi connectivity index (χ1v) is 12.9. The predicted octanol–water partition coefficient (Wildman–Crippen LogP) is 5.74. The molecule has 4 rings (SSSR count). The van der Waals surface area contributed by atoms with Gasteiger partial charge in [0.15, 0.2) is 5.13 Å². The molecule has 2 heterocycles. The highest BCUT2D eigenvalue weighted by molar-refractivity contribution is 7.18. The van der Waals surface area contributed by atoms with Crippen molar-refractivity contribution in [2.24, 2.45) is 0 Å². The van der Waals surface area contributed by atoms with Crippen molar-refractivity contribution in [2.75, 3.05) is 31.1 Å². The highest BCUT2D eigenvalue weighted by atomic mass is 32.1. The Hall–Kier alpha value is -3.11. The van der Waals surface area contributed by atoms with E-state index in [4.69, 9.17) is 9.84 Å². The van der Waals surface area contributed by atoms with Gasteiger partial charge in [0, 0.05) is 37.9 Å². The minimum Gasteiger partial charge on any atom is -0.492 e. The van der Waals surface area contributed by atoms with E-state index in [-0.39, 0.29) is 18.5 Å². The quantitative estimate of drug-likeness (QED) is 0.398. The van der Waals surface area contributed by atoms with E-state index in [0.29, 0.717) is 34.9 Å². The van der Waals surface area contributed by atoms with Crippen LogP contribution in [0.25, 0.3) is 10.4 Å². The first-order valence-electron chi connectivity index (χ1n) is 12.1. The van der Waals surface area contributed by atoms with Gasteiger partial charge in [0.2, 0.25) is 0 Å². The number of carboxylic acids is 1. The summed E-state index contributed by atoms with van der Waals surface area (Å²) in [4.78, 5) is 20.8. The zero-order chi connectivity index (χ0) is 26.7. The van der Waals surface area contributed by atoms with E-state index in [1.54, 1.807) is 24.4 Å². The van der Waals surface area contributed by atoms with E-state index < -0.39 is 17.7 Å². The Balaban J connectivity index is 1.36. The zero-order valence-corrected chi connectivity index (χ0v) is 21.8. The molecule has 0 unspecified atom stereocenters. The molecular weight excluding hydrogens is 503 g/mol. The molecule has 2 atom stereocenters. The topological polar surface area (TPSA) is 65.9 Å². The number of hydrogen-bond acceptors (Lipinski definition) is 6. The maximum absolute atomic E-state index is 13.1. The number of benzene rings is 2. The third kappa shape index (κ3) is 6.61. The fraction of sp³-hybridized carbons (Fsp3) is 0.407. The summed E-state index contributed by atoms with van der Waals surface area (Å²) in [6, 6.07) is 11.2. The van der Waals surface area contributed by atoms with Gasteiger partial charge in [-0.2, -0.15) is 13.2 Å². The maximum Gasteiger partial charge on any atom is 0.416 e. The van der Waals surface area contributed by atoms with Gasteiger partial charge >= 0.3 is 12.1 Å². The fourth-order valence-corrected chi connectivity index (χ4v) is 5.62. The molecule has 1 aliphatic rings. The molecule has 0 saturated carbocycles. The Morgan fingerprint density at radius 3 is 2.57 bits per heavy atom. The Morgan fingerprint density at radius 2 is 1.89 bits per heavy atom. The number of alkyl halides is 3. The average Bonchev–Trinajstić information content (AvgIpc) is 3.32. The second kappa shape index (κ2) is 11.1. The molecule has 0 aliphatic carbocycles. The molecule has 0 radical (unpaired) electrons. The van der Waals surface area contributed by atoms with Gasteiger partial charge in [-0.25, -0.2) is 4.98 Å². The van der Waals surface area contributed by atoms with E-state index in [1.165, 1.54) is 23.5 Å². The number of carboxylic acid groups (broad SMARTS) is 1. The number of halogens is 3. The van der Waals surface area contributed by atoms with Crippen LogP contribution in [-0.4, -0.2) is 59.3 Å². The summed E-state index contributed by atoms with van der Waals surface area (Å²) >= 11 is 1.40. The van der Waals surface area contributed by atoms with Gasteiger partial charge < -0.3 is 14.7 Å². The van der Waals surface area contributed by atoms with Crippen molar-refractivity contribution in [2.45, 2.75) is 45.5 Å². The second-order valence-corrected chi connectivity index (χ2v) is 10.5. The number of anilines is 1. The predicted molar refractivity (Wildman–Crippen MR) is 138 cm³/mol. The summed E-state index contributed by atoms with van der Waals surface area (Å²) in [6.07, 6.45) is -2.78. The SMILES string of the molecule is Cc1ccc(CC(=O)O)cc1OCCN1[C@H](C)CN(c2ncc(-c3cccc(C(F)(F)F)c3)s2)C[C@@H]1C. The van der Waals surface area contributed by atoms with Crippen molar-refractivity contribution in [3.63, 3.8) is 0 Å². The van der Waals surface area contributed by atoms with Crippen molar-refractivity contribution in [1.82, 2.24) is 9.88 Å². The highest BCUT2D eigenvalue weighted by Gasteiger charge is 2.32. The number of nitrogens with zero attached hydrogens (tertiary/aromatic N) is 3. The summed E-state index contributed by atoms with van der Waals surface area (Å²) < 4.78 is 45.4. The van der Waals surface area contributed by atoms with Gasteiger partial charge in [-0.05, 0) is 55.7 Å². The minimum atomic E-state index is -4.38. The molecule has 198 valence electrons. The van der Waals surface area contributed by atoms with Crippen molar-refractivity contribution >= 4 is 22.4 Å². The lowest BCUT2D eigenvalue weighted by Gasteiger charge is -2.44. The highest BCUT2D eigenvalue weighted by Crippen LogP contribution is 2.36. The standard InChI is InChI=1S/C27H30F3N3O3S/c1-17-7-8-20(12-25(34)35)11-23(17)36-10-9-33-18(2)15-32(16-19(33)3)26-31-14-24(37-26)21-5-4-6-22(13-21)27(28,29)30/h4-8,11,13-14,18-19H,9-10,12,15-16H2,1-3H3,(H,34,35)/t18-,19+. The number of thiazole rings is 1. The van der Waals surface area contributed by atoms with Crippen molar-refractivity contribution in [1.29, 1.82) is 0 Å². The Labute approximate surface area is 218 Å². The summed E-state index contributed by atoms with van der Waals surface area (Å²) in [5.74, 6) is -0.180. The van der Waals surface area contributed by atoms with Gasteiger partial charge in [-0.3, -0.25) is 9.69 Å². The molecule has 0 bridgehead atoms. The Kier molecular flexibility index (Phi) is 8.08. The minimum absolute atomic E-state index is 0.0428. The molecule has 10 heteroatoms. The van der Waals surface area contributed by atoms with Crippen LogP contribution in [0.2, 0.25) is 0 Å². The van der Waals surface area contributed by atoms with E-state index in [9.17, 15) is 18.0 Å². The molecule has 3 aromatic rings. The van der Waals surface area contributed by atoms with Crippen LogP contribution in [0.5, 0.6) is 5.75 Å². The van der Waals surface area contributed by atoms with Crippen LogP contribution < -0.4 is 9.64 Å². The summed E-state index contributed by atoms with van der Waals surface area (Å²) in [7, 11) is 0. The lowest BCUT2D eigenvalue weighted by molar-refractivity contribution is -0.138.